The summed E-state index contributed by atoms with van der Waals surface area (Å²) in [6.07, 6.45) is 0. The van der Waals surface area contributed by atoms with Crippen LogP contribution in [0.15, 0.2) is 72.8 Å². The zero-order chi connectivity index (χ0) is 23.9. The topological polar surface area (TPSA) is 127 Å². The predicted molar refractivity (Wildman–Crippen MR) is 118 cm³/mol. The summed E-state index contributed by atoms with van der Waals surface area (Å²) in [5.41, 5.74) is 1.05. The average molecular weight is 504 g/mol. The van der Waals surface area contributed by atoms with Gasteiger partial charge in [-0.1, -0.05) is 18.2 Å². The van der Waals surface area contributed by atoms with E-state index in [0.29, 0.717) is 5.56 Å². The number of halogens is 1. The molecule has 3 rings (SSSR count). The van der Waals surface area contributed by atoms with Gasteiger partial charge in [0.1, 0.15) is 5.82 Å². The Morgan fingerprint density at radius 3 is 2.06 bits per heavy atom. The Balaban J connectivity index is 0.000000229. The van der Waals surface area contributed by atoms with Gasteiger partial charge in [0.05, 0.1) is 0 Å². The monoisotopic (exact) mass is 504 g/mol. The molecule has 10 heteroatoms. The Morgan fingerprint density at radius 1 is 0.938 bits per heavy atom. The van der Waals surface area contributed by atoms with Gasteiger partial charge < -0.3 is 4.90 Å². The SMILES string of the molecule is CC(=O)Nc1c(O)cccc1[As](=O)(O)O.CN(C(=O)c1ccc(F)cc1)c1ccccc1. The van der Waals surface area contributed by atoms with Crippen molar-refractivity contribution in [1.29, 1.82) is 0 Å². The molecule has 4 N–H and O–H groups in total. The minimum Gasteiger partial charge on any atom is -0.311 e. The third-order valence-electron chi connectivity index (χ3n) is 4.17. The molecule has 0 bridgehead atoms. The van der Waals surface area contributed by atoms with Crippen molar-refractivity contribution in [3.05, 3.63) is 84.2 Å². The van der Waals surface area contributed by atoms with Crippen molar-refractivity contribution in [2.24, 2.45) is 0 Å². The number of nitrogens with one attached hydrogen (secondary N) is 1. The van der Waals surface area contributed by atoms with E-state index < -0.39 is 20.1 Å². The van der Waals surface area contributed by atoms with Crippen LogP contribution in [0.2, 0.25) is 0 Å². The van der Waals surface area contributed by atoms with Crippen LogP contribution >= 0.6 is 0 Å². The van der Waals surface area contributed by atoms with Crippen molar-refractivity contribution in [3.8, 4) is 5.75 Å². The van der Waals surface area contributed by atoms with Crippen LogP contribution in [0.25, 0.3) is 0 Å². The quantitative estimate of drug-likeness (QED) is 0.318. The van der Waals surface area contributed by atoms with Crippen LogP contribution in [0, 0.1) is 5.82 Å². The molecule has 0 saturated heterocycles. The van der Waals surface area contributed by atoms with Crippen LogP contribution in [0.4, 0.5) is 15.8 Å². The Labute approximate surface area is 186 Å². The van der Waals surface area contributed by atoms with E-state index in [1.54, 1.807) is 7.05 Å². The van der Waals surface area contributed by atoms with E-state index in [1.165, 1.54) is 54.3 Å². The zero-order valence-electron chi connectivity index (χ0n) is 17.3. The molecule has 0 aliphatic heterocycles. The Morgan fingerprint density at radius 2 is 1.53 bits per heavy atom. The second-order valence-electron chi connectivity index (χ2n) is 6.60. The molecule has 0 aliphatic rings. The summed E-state index contributed by atoms with van der Waals surface area (Å²) in [6.45, 7) is 1.18. The molecule has 0 heterocycles. The first-order valence-electron chi connectivity index (χ1n) is 9.25. The molecule has 168 valence electrons. The van der Waals surface area contributed by atoms with Gasteiger partial charge in [-0.2, -0.15) is 0 Å². The molecule has 0 fully saturated rings. The fraction of sp³-hybridized carbons (Fsp3) is 0.0909. The van der Waals surface area contributed by atoms with E-state index in [4.69, 9.17) is 8.19 Å². The van der Waals surface area contributed by atoms with Crippen LogP contribution < -0.4 is 14.6 Å². The maximum absolute atomic E-state index is 12.7. The van der Waals surface area contributed by atoms with E-state index in [1.807, 2.05) is 30.3 Å². The first-order valence-corrected chi connectivity index (χ1v) is 12.6. The smallest absolute Gasteiger partial charge is 0.258 e. The summed E-state index contributed by atoms with van der Waals surface area (Å²) >= 11 is -5.14. The maximum Gasteiger partial charge on any atom is 0.258 e. The van der Waals surface area contributed by atoms with Crippen LogP contribution in [-0.2, 0) is 8.53 Å². The number of amides is 2. The fourth-order valence-electron chi connectivity index (χ4n) is 2.63. The number of hydrogen-bond acceptors (Lipinski definition) is 4. The molecule has 0 unspecified atom stereocenters. The van der Waals surface area contributed by atoms with Crippen LogP contribution in [0.3, 0.4) is 0 Å². The zero-order valence-corrected chi connectivity index (χ0v) is 19.1. The summed E-state index contributed by atoms with van der Waals surface area (Å²) in [5.74, 6) is -1.38. The molecule has 2 amide bonds. The molecule has 0 spiro atoms. The third kappa shape index (κ3) is 6.81. The molecule has 0 aromatic heterocycles. The van der Waals surface area contributed by atoms with Gasteiger partial charge in [0, 0.05) is 18.3 Å². The number of anilines is 2. The number of phenols is 1. The summed E-state index contributed by atoms with van der Waals surface area (Å²) in [7, 11) is 1.70. The Bertz CT molecular complexity index is 1130. The van der Waals surface area contributed by atoms with E-state index in [2.05, 4.69) is 5.32 Å². The first-order chi connectivity index (χ1) is 15.0. The van der Waals surface area contributed by atoms with Crippen LogP contribution in [-0.4, -0.2) is 46.3 Å². The molecule has 3 aromatic carbocycles. The van der Waals surface area contributed by atoms with Gasteiger partial charge in [0.2, 0.25) is 0 Å². The number of para-hydroxylation sites is 2. The minimum atomic E-state index is -5.14. The van der Waals surface area contributed by atoms with Gasteiger partial charge in [0.15, 0.2) is 0 Å². The fourth-order valence-corrected chi connectivity index (χ4v) is 4.19. The van der Waals surface area contributed by atoms with Gasteiger partial charge in [0.25, 0.3) is 5.91 Å². The number of benzene rings is 3. The van der Waals surface area contributed by atoms with Crippen molar-refractivity contribution < 1.29 is 31.0 Å². The number of phenolic OH excluding ortho intramolecular Hbond substituents is 1. The molecular weight excluding hydrogens is 482 g/mol. The second-order valence-corrected chi connectivity index (χ2v) is 9.90. The standard InChI is InChI=1S/C14H12FNO.C8H10AsNO5/c1-16(13-5-3-2-4-6-13)14(17)11-7-9-12(15)10-8-11;1-5(11)10-8-6(9(13,14)15)3-2-4-7(8)12/h2-10H,1H3;2-4,12H,1H3,(H,10,11)(H2,13,14,15). The van der Waals surface area contributed by atoms with Gasteiger partial charge >= 0.3 is 88.1 Å². The van der Waals surface area contributed by atoms with Crippen molar-refractivity contribution in [2.75, 3.05) is 17.3 Å². The molecule has 8 nitrogen and oxygen atoms in total. The summed E-state index contributed by atoms with van der Waals surface area (Å²) < 4.78 is 41.5. The maximum atomic E-state index is 12.7. The molecule has 0 aliphatic carbocycles. The summed E-state index contributed by atoms with van der Waals surface area (Å²) in [4.78, 5) is 24.4. The van der Waals surface area contributed by atoms with Gasteiger partial charge in [-0.25, -0.2) is 4.39 Å². The Hall–Kier alpha value is -3.39. The number of carbonyl (C=O) groups excluding carboxylic acids is 2. The number of rotatable bonds is 4. The number of aromatic hydroxyl groups is 1. The summed E-state index contributed by atoms with van der Waals surface area (Å²) in [5, 5.41) is 11.5. The van der Waals surface area contributed by atoms with E-state index >= 15 is 0 Å². The average Bonchev–Trinajstić information content (AvgIpc) is 2.75. The third-order valence-corrected chi connectivity index (χ3v) is 6.27. The second kappa shape index (κ2) is 10.8. The molecule has 0 atom stereocenters. The summed E-state index contributed by atoms with van der Waals surface area (Å²) in [6, 6.07) is 18.6. The van der Waals surface area contributed by atoms with Gasteiger partial charge in [-0.15, -0.1) is 0 Å². The largest absolute Gasteiger partial charge is 0.311 e. The normalized spacial score (nSPS) is 10.5. The number of nitrogens with zero attached hydrogens (tertiary/aromatic N) is 1. The molecule has 32 heavy (non-hydrogen) atoms. The molecular formula is C22H22AsFN2O6. The van der Waals surface area contributed by atoms with E-state index in [0.717, 1.165) is 5.69 Å². The van der Waals surface area contributed by atoms with Crippen molar-refractivity contribution in [2.45, 2.75) is 6.92 Å². The van der Waals surface area contributed by atoms with Crippen LogP contribution in [0.1, 0.15) is 17.3 Å². The van der Waals surface area contributed by atoms with Gasteiger partial charge in [-0.3, -0.25) is 4.79 Å². The molecule has 0 saturated carbocycles. The minimum absolute atomic E-state index is 0.156. The van der Waals surface area contributed by atoms with Crippen molar-refractivity contribution in [3.63, 3.8) is 0 Å². The van der Waals surface area contributed by atoms with Gasteiger partial charge in [-0.05, 0) is 36.4 Å². The van der Waals surface area contributed by atoms with E-state index in [9.17, 15) is 22.8 Å². The first kappa shape index (κ1) is 24.9. The van der Waals surface area contributed by atoms with Crippen molar-refractivity contribution in [1.82, 2.24) is 0 Å². The number of hydrogen-bond donors (Lipinski definition) is 4. The molecule has 3 aromatic rings. The predicted octanol–water partition coefficient (Wildman–Crippen LogP) is 2.01. The van der Waals surface area contributed by atoms with E-state index in [-0.39, 0.29) is 27.5 Å². The molecule has 0 radical (unpaired) electrons. The number of carbonyl (C=O) groups is 2. The van der Waals surface area contributed by atoms with Crippen molar-refractivity contribution >= 4 is 41.7 Å². The van der Waals surface area contributed by atoms with Crippen LogP contribution in [0.5, 0.6) is 5.75 Å². The Kier molecular flexibility index (Phi) is 8.37.